The van der Waals surface area contributed by atoms with Crippen molar-refractivity contribution >= 4 is 22.8 Å². The van der Waals surface area contributed by atoms with Crippen LogP contribution in [0.1, 0.15) is 43.5 Å². The number of hydrogen-bond donors (Lipinski definition) is 3. The van der Waals surface area contributed by atoms with E-state index in [0.29, 0.717) is 18.4 Å². The van der Waals surface area contributed by atoms with Gasteiger partial charge in [0.25, 0.3) is 0 Å². The highest BCUT2D eigenvalue weighted by atomic mass is 19.1. The zero-order valence-corrected chi connectivity index (χ0v) is 26.7. The highest BCUT2D eigenvalue weighted by molar-refractivity contribution is 5.79. The third-order valence-corrected chi connectivity index (χ3v) is 11.0. The number of nitrogens with zero attached hydrogens (tertiary/aromatic N) is 4. The first-order chi connectivity index (χ1) is 22.3. The lowest BCUT2D eigenvalue weighted by Crippen LogP contribution is -2.56. The SMILES string of the molecule is COC(=O)N[C@H]1CCC[C@@H]1[C@](Cn1ccnc1C)(c1cccc(F)c1)C1CCN(CC2CN(c3ccc4[nH]c(=O)[nH]c4c3)C2)CC1. The van der Waals surface area contributed by atoms with E-state index in [-0.39, 0.29) is 23.5 Å². The van der Waals surface area contributed by atoms with Crippen molar-refractivity contribution < 1.29 is 13.9 Å². The maximum atomic E-state index is 15.0. The number of aryl methyl sites for hydroxylation is 1. The second kappa shape index (κ2) is 12.6. The molecule has 4 aromatic rings. The molecular formula is C35H44FN7O3. The molecule has 3 fully saturated rings. The Balaban J connectivity index is 1.10. The molecule has 3 N–H and O–H groups in total. The summed E-state index contributed by atoms with van der Waals surface area (Å²) in [4.78, 5) is 39.4. The molecule has 11 heteroatoms. The van der Waals surface area contributed by atoms with E-state index in [0.717, 1.165) is 92.9 Å². The Hall–Kier alpha value is -4.12. The van der Waals surface area contributed by atoms with E-state index in [9.17, 15) is 9.59 Å². The van der Waals surface area contributed by atoms with Crippen LogP contribution in [0.3, 0.4) is 0 Å². The van der Waals surface area contributed by atoms with Gasteiger partial charge < -0.3 is 34.4 Å². The first-order valence-electron chi connectivity index (χ1n) is 16.6. The van der Waals surface area contributed by atoms with E-state index < -0.39 is 11.5 Å². The van der Waals surface area contributed by atoms with Gasteiger partial charge in [-0.25, -0.2) is 19.0 Å². The maximum Gasteiger partial charge on any atom is 0.407 e. The van der Waals surface area contributed by atoms with E-state index in [2.05, 4.69) is 46.8 Å². The fourth-order valence-electron chi connectivity index (χ4n) is 8.79. The van der Waals surface area contributed by atoms with Gasteiger partial charge in [-0.1, -0.05) is 18.6 Å². The molecule has 10 nitrogen and oxygen atoms in total. The first-order valence-corrected chi connectivity index (χ1v) is 16.6. The molecule has 0 spiro atoms. The van der Waals surface area contributed by atoms with Crippen molar-refractivity contribution in [3.05, 3.63) is 82.5 Å². The first kappa shape index (κ1) is 30.5. The fourth-order valence-corrected chi connectivity index (χ4v) is 8.79. The lowest BCUT2D eigenvalue weighted by atomic mass is 9.58. The quantitative estimate of drug-likeness (QED) is 0.245. The number of halogens is 1. The van der Waals surface area contributed by atoms with Gasteiger partial charge in [0.15, 0.2) is 0 Å². The Bertz CT molecular complexity index is 1730. The summed E-state index contributed by atoms with van der Waals surface area (Å²) in [5.41, 5.74) is 3.24. The highest BCUT2D eigenvalue weighted by Crippen LogP contribution is 2.52. The summed E-state index contributed by atoms with van der Waals surface area (Å²) in [5.74, 6) is 1.71. The van der Waals surface area contributed by atoms with Crippen LogP contribution in [0.2, 0.25) is 0 Å². The van der Waals surface area contributed by atoms with Gasteiger partial charge in [-0.2, -0.15) is 0 Å². The number of hydrogen-bond acceptors (Lipinski definition) is 6. The van der Waals surface area contributed by atoms with Gasteiger partial charge in [0, 0.05) is 61.6 Å². The van der Waals surface area contributed by atoms with Crippen LogP contribution >= 0.6 is 0 Å². The molecule has 2 aliphatic heterocycles. The zero-order valence-electron chi connectivity index (χ0n) is 26.7. The number of carbonyl (C=O) groups excluding carboxylic acids is 1. The Morgan fingerprint density at radius 1 is 1.09 bits per heavy atom. The summed E-state index contributed by atoms with van der Waals surface area (Å²) in [7, 11) is 1.41. The minimum Gasteiger partial charge on any atom is -0.453 e. The summed E-state index contributed by atoms with van der Waals surface area (Å²) in [5, 5.41) is 3.17. The molecule has 0 bridgehead atoms. The lowest BCUT2D eigenvalue weighted by molar-refractivity contribution is 0.0543. The zero-order chi connectivity index (χ0) is 31.8. The van der Waals surface area contributed by atoms with Gasteiger partial charge in [0.2, 0.25) is 0 Å². The number of nitrogens with one attached hydrogen (secondary N) is 3. The van der Waals surface area contributed by atoms with Crippen molar-refractivity contribution in [3.63, 3.8) is 0 Å². The van der Waals surface area contributed by atoms with Crippen LogP contribution in [0.25, 0.3) is 11.0 Å². The monoisotopic (exact) mass is 629 g/mol. The second-order valence-corrected chi connectivity index (χ2v) is 13.6. The third kappa shape index (κ3) is 5.81. The average molecular weight is 630 g/mol. The molecule has 46 heavy (non-hydrogen) atoms. The number of amides is 1. The van der Waals surface area contributed by atoms with Gasteiger partial charge in [-0.3, -0.25) is 0 Å². The largest absolute Gasteiger partial charge is 0.453 e. The van der Waals surface area contributed by atoms with E-state index in [1.54, 1.807) is 6.07 Å². The van der Waals surface area contributed by atoms with Gasteiger partial charge in [0.1, 0.15) is 11.6 Å². The molecule has 7 rings (SSSR count). The number of benzene rings is 2. The Morgan fingerprint density at radius 3 is 2.63 bits per heavy atom. The number of fused-ring (bicyclic) bond motifs is 1. The summed E-state index contributed by atoms with van der Waals surface area (Å²) >= 11 is 0. The molecule has 3 atom stereocenters. The number of alkyl carbamates (subject to hydrolysis) is 1. The highest BCUT2D eigenvalue weighted by Gasteiger charge is 2.52. The van der Waals surface area contributed by atoms with E-state index in [1.807, 2.05) is 37.5 Å². The Kier molecular flexibility index (Phi) is 8.35. The van der Waals surface area contributed by atoms with Crippen molar-refractivity contribution in [1.29, 1.82) is 0 Å². The Labute approximate surface area is 268 Å². The molecule has 3 aliphatic rings. The second-order valence-electron chi connectivity index (χ2n) is 13.6. The van der Waals surface area contributed by atoms with Crippen molar-refractivity contribution in [2.24, 2.45) is 17.8 Å². The molecule has 244 valence electrons. The minimum absolute atomic E-state index is 0.0538. The third-order valence-electron chi connectivity index (χ3n) is 11.0. The number of ether oxygens (including phenoxy) is 1. The molecule has 0 radical (unpaired) electrons. The van der Waals surface area contributed by atoms with Crippen LogP contribution < -0.4 is 15.9 Å². The number of aromatic nitrogens is 4. The van der Waals surface area contributed by atoms with Crippen molar-refractivity contribution in [2.75, 3.05) is 44.7 Å². The smallest absolute Gasteiger partial charge is 0.407 e. The van der Waals surface area contributed by atoms with Crippen molar-refractivity contribution in [3.8, 4) is 0 Å². The summed E-state index contributed by atoms with van der Waals surface area (Å²) in [6.07, 6.45) is 8.30. The molecular weight excluding hydrogens is 585 g/mol. The molecule has 1 amide bonds. The van der Waals surface area contributed by atoms with E-state index in [1.165, 1.54) is 13.2 Å². The number of likely N-dealkylation sites (tertiary alicyclic amines) is 1. The number of methoxy groups -OCH3 is 1. The Morgan fingerprint density at radius 2 is 1.89 bits per heavy atom. The molecule has 2 aromatic carbocycles. The normalized spacial score (nSPS) is 22.5. The number of anilines is 1. The van der Waals surface area contributed by atoms with Crippen molar-refractivity contribution in [2.45, 2.75) is 57.0 Å². The van der Waals surface area contributed by atoms with Crippen LogP contribution in [-0.4, -0.2) is 76.4 Å². The number of carbonyl (C=O) groups is 1. The summed E-state index contributed by atoms with van der Waals surface area (Å²) < 4.78 is 22.3. The fraction of sp³-hybridized carbons (Fsp3) is 0.514. The molecule has 0 unspecified atom stereocenters. The number of aromatic amines is 2. The molecule has 1 aliphatic carbocycles. The number of rotatable bonds is 9. The lowest BCUT2D eigenvalue weighted by Gasteiger charge is -2.51. The predicted molar refractivity (Wildman–Crippen MR) is 175 cm³/mol. The van der Waals surface area contributed by atoms with Crippen LogP contribution in [0.4, 0.5) is 14.9 Å². The topological polar surface area (TPSA) is 111 Å². The number of imidazole rings is 2. The van der Waals surface area contributed by atoms with Crippen LogP contribution in [0.15, 0.2) is 59.7 Å². The van der Waals surface area contributed by atoms with E-state index >= 15 is 4.39 Å². The number of H-pyrrole nitrogens is 2. The van der Waals surface area contributed by atoms with Gasteiger partial charge in [-0.15, -0.1) is 0 Å². The predicted octanol–water partition coefficient (Wildman–Crippen LogP) is 4.81. The molecule has 4 heterocycles. The summed E-state index contributed by atoms with van der Waals surface area (Å²) in [6, 6.07) is 13.2. The van der Waals surface area contributed by atoms with E-state index in [4.69, 9.17) is 4.74 Å². The van der Waals surface area contributed by atoms with Crippen molar-refractivity contribution in [1.82, 2.24) is 29.7 Å². The molecule has 2 aromatic heterocycles. The van der Waals surface area contributed by atoms with Gasteiger partial charge in [0.05, 0.1) is 18.1 Å². The molecule has 2 saturated heterocycles. The maximum absolute atomic E-state index is 15.0. The molecule has 1 saturated carbocycles. The van der Waals surface area contributed by atoms with Crippen LogP contribution in [-0.2, 0) is 16.7 Å². The van der Waals surface area contributed by atoms with Crippen LogP contribution in [0, 0.1) is 30.5 Å². The number of piperidine rings is 1. The van der Waals surface area contributed by atoms with Crippen LogP contribution in [0.5, 0.6) is 0 Å². The summed E-state index contributed by atoms with van der Waals surface area (Å²) in [6.45, 7) is 7.72. The van der Waals surface area contributed by atoms with Gasteiger partial charge in [-0.05, 0) is 93.4 Å². The standard InChI is InChI=1S/C35H44FN7O3/c1-23-37-13-16-42(23)22-35(26-5-3-6-27(36)17-26,29-7-4-8-30(29)40-34(45)46-2)25-11-14-41(15-12-25)19-24-20-43(21-24)28-9-10-31-32(18-28)39-33(44)38-31/h3,5-6,9-10,13,16-18,24-25,29-30H,4,7-8,11-12,14-15,19-22H2,1-2H3,(H,40,45)(H2,38,39,44)/t29-,30-,35-/m0/s1. The van der Waals surface area contributed by atoms with Gasteiger partial charge >= 0.3 is 11.8 Å². The average Bonchev–Trinajstić information content (AvgIpc) is 3.76. The minimum atomic E-state index is -0.408.